The van der Waals surface area contributed by atoms with Gasteiger partial charge in [0.2, 0.25) is 0 Å². The molecule has 3 aliphatic rings. The molecule has 0 radical (unpaired) electrons. The van der Waals surface area contributed by atoms with E-state index in [1.54, 1.807) is 0 Å². The third kappa shape index (κ3) is 4.62. The molecule has 0 atom stereocenters. The molecule has 192 valence electrons. The number of rotatable bonds is 5. The number of benzene rings is 1. The third-order valence-corrected chi connectivity index (χ3v) is 8.75. The molecule has 0 N–H and O–H groups in total. The van der Waals surface area contributed by atoms with Crippen LogP contribution in [0.4, 0.5) is 5.69 Å². The molecular formula is C31H37N5O. The number of fused-ring (bicyclic) bond motifs is 2. The van der Waals surface area contributed by atoms with Gasteiger partial charge in [0.05, 0.1) is 23.9 Å². The van der Waals surface area contributed by atoms with Crippen LogP contribution in [-0.4, -0.2) is 53.3 Å². The van der Waals surface area contributed by atoms with Crippen molar-refractivity contribution < 1.29 is 4.74 Å². The highest BCUT2D eigenvalue weighted by atomic mass is 16.5. The minimum absolute atomic E-state index is 0.612. The highest BCUT2D eigenvalue weighted by molar-refractivity contribution is 5.92. The molecule has 3 heterocycles. The molecule has 2 fully saturated rings. The molecular weight excluding hydrogens is 458 g/mol. The molecule has 37 heavy (non-hydrogen) atoms. The lowest BCUT2D eigenvalue weighted by atomic mass is 9.79. The summed E-state index contributed by atoms with van der Waals surface area (Å²) >= 11 is 0. The van der Waals surface area contributed by atoms with E-state index in [-0.39, 0.29) is 0 Å². The summed E-state index contributed by atoms with van der Waals surface area (Å²) in [5, 5.41) is 10.6. The van der Waals surface area contributed by atoms with Gasteiger partial charge < -0.3 is 14.2 Å². The van der Waals surface area contributed by atoms with E-state index in [0.29, 0.717) is 18.6 Å². The van der Waals surface area contributed by atoms with E-state index >= 15 is 0 Å². The van der Waals surface area contributed by atoms with E-state index in [9.17, 15) is 5.26 Å². The van der Waals surface area contributed by atoms with Crippen molar-refractivity contribution in [3.05, 3.63) is 59.1 Å². The van der Waals surface area contributed by atoms with Gasteiger partial charge in [0.1, 0.15) is 5.75 Å². The van der Waals surface area contributed by atoms with Gasteiger partial charge in [-0.3, -0.25) is 9.88 Å². The van der Waals surface area contributed by atoms with E-state index < -0.39 is 0 Å². The molecule has 6 rings (SSSR count). The number of nitrogens with zero attached hydrogens (tertiary/aromatic N) is 5. The van der Waals surface area contributed by atoms with Crippen molar-refractivity contribution >= 4 is 22.7 Å². The van der Waals surface area contributed by atoms with Crippen LogP contribution in [0.3, 0.4) is 0 Å². The Balaban J connectivity index is 1.11. The van der Waals surface area contributed by atoms with Crippen LogP contribution < -0.4 is 9.64 Å². The summed E-state index contributed by atoms with van der Waals surface area (Å²) < 4.78 is 8.18. The number of allylic oxidation sites excluding steroid dienone is 1. The predicted molar refractivity (Wildman–Crippen MR) is 149 cm³/mol. The predicted octanol–water partition coefficient (Wildman–Crippen LogP) is 5.67. The first-order valence-corrected chi connectivity index (χ1v) is 13.9. The quantitative estimate of drug-likeness (QED) is 0.456. The van der Waals surface area contributed by atoms with Gasteiger partial charge in [-0.05, 0) is 80.7 Å². The second-order valence-electron chi connectivity index (χ2n) is 10.8. The Morgan fingerprint density at radius 1 is 1.08 bits per heavy atom. The number of ether oxygens (including phenoxy) is 1. The minimum atomic E-state index is 0.612. The Morgan fingerprint density at radius 2 is 1.89 bits per heavy atom. The fraction of sp³-hybridized carbons (Fsp3) is 0.484. The number of piperazine rings is 1. The zero-order chi connectivity index (χ0) is 25.4. The average molecular weight is 496 g/mol. The standard InChI is InChI=1S/C31H37N5O/c1-3-37-26-18-24-5-4-12-33-31(24)30(19-26)36-15-13-35(14-16-36)25-9-7-23(8-10-25)28-21-34(2)29-11-6-22(20-32)17-27(28)29/h4-5,12,17-19,21,23,25H,3,6-11,13-16H2,1-2H3. The van der Waals surface area contributed by atoms with Crippen LogP contribution in [0.2, 0.25) is 0 Å². The molecule has 0 unspecified atom stereocenters. The molecule has 6 heteroatoms. The lowest BCUT2D eigenvalue weighted by Gasteiger charge is -2.43. The summed E-state index contributed by atoms with van der Waals surface area (Å²) in [6.45, 7) is 6.94. The van der Waals surface area contributed by atoms with E-state index in [0.717, 1.165) is 61.2 Å². The normalized spacial score (nSPS) is 22.4. The Hall–Kier alpha value is -3.30. The molecule has 1 saturated heterocycles. The summed E-state index contributed by atoms with van der Waals surface area (Å²) in [6.07, 6.45) is 13.3. The van der Waals surface area contributed by atoms with Crippen molar-refractivity contribution in [2.75, 3.05) is 37.7 Å². The van der Waals surface area contributed by atoms with E-state index in [4.69, 9.17) is 9.72 Å². The molecule has 0 bridgehead atoms. The third-order valence-electron chi connectivity index (χ3n) is 8.75. The lowest BCUT2D eigenvalue weighted by molar-refractivity contribution is 0.141. The zero-order valence-electron chi connectivity index (χ0n) is 22.1. The minimum Gasteiger partial charge on any atom is -0.494 e. The molecule has 1 aromatic carbocycles. The summed E-state index contributed by atoms with van der Waals surface area (Å²) in [5.41, 5.74) is 7.42. The van der Waals surface area contributed by atoms with Gasteiger partial charge >= 0.3 is 0 Å². The van der Waals surface area contributed by atoms with Gasteiger partial charge in [0.25, 0.3) is 0 Å². The number of hydrogen-bond donors (Lipinski definition) is 0. The van der Waals surface area contributed by atoms with Crippen molar-refractivity contribution in [3.8, 4) is 11.8 Å². The number of anilines is 1. The SMILES string of the molecule is CCOc1cc(N2CCN(C3CCC(c4cn(C)c5c4C=C(C#N)CC5)CC3)CC2)c2ncccc2c1. The fourth-order valence-corrected chi connectivity index (χ4v) is 6.82. The van der Waals surface area contributed by atoms with Gasteiger partial charge in [-0.25, -0.2) is 0 Å². The van der Waals surface area contributed by atoms with Gasteiger partial charge in [-0.2, -0.15) is 5.26 Å². The second-order valence-corrected chi connectivity index (χ2v) is 10.8. The van der Waals surface area contributed by atoms with Crippen LogP contribution in [-0.2, 0) is 13.5 Å². The van der Waals surface area contributed by atoms with E-state index in [1.807, 2.05) is 19.2 Å². The smallest absolute Gasteiger partial charge is 0.122 e. The number of aryl methyl sites for hydroxylation is 1. The summed E-state index contributed by atoms with van der Waals surface area (Å²) in [6, 6.07) is 11.5. The van der Waals surface area contributed by atoms with Crippen LogP contribution in [0, 0.1) is 11.3 Å². The molecule has 2 aliphatic carbocycles. The zero-order valence-corrected chi connectivity index (χ0v) is 22.1. The first-order valence-electron chi connectivity index (χ1n) is 13.9. The van der Waals surface area contributed by atoms with Crippen LogP contribution >= 0.6 is 0 Å². The highest BCUT2D eigenvalue weighted by Crippen LogP contribution is 2.40. The van der Waals surface area contributed by atoms with Crippen molar-refractivity contribution in [1.29, 1.82) is 5.26 Å². The maximum atomic E-state index is 9.44. The molecule has 1 saturated carbocycles. The Kier molecular flexibility index (Phi) is 6.65. The number of hydrogen-bond acceptors (Lipinski definition) is 5. The summed E-state index contributed by atoms with van der Waals surface area (Å²) in [4.78, 5) is 9.93. The Morgan fingerprint density at radius 3 is 2.65 bits per heavy atom. The first-order chi connectivity index (χ1) is 18.1. The maximum absolute atomic E-state index is 9.44. The highest BCUT2D eigenvalue weighted by Gasteiger charge is 2.31. The monoisotopic (exact) mass is 495 g/mol. The Bertz CT molecular complexity index is 1350. The molecule has 0 spiro atoms. The average Bonchev–Trinajstić information content (AvgIpc) is 3.28. The van der Waals surface area contributed by atoms with Crippen molar-refractivity contribution in [1.82, 2.24) is 14.5 Å². The van der Waals surface area contributed by atoms with E-state index in [1.165, 1.54) is 48.2 Å². The van der Waals surface area contributed by atoms with Crippen LogP contribution in [0.25, 0.3) is 17.0 Å². The van der Waals surface area contributed by atoms with Crippen LogP contribution in [0.1, 0.15) is 61.8 Å². The molecule has 1 aliphatic heterocycles. The van der Waals surface area contributed by atoms with Crippen molar-refractivity contribution in [3.63, 3.8) is 0 Å². The van der Waals surface area contributed by atoms with Crippen molar-refractivity contribution in [2.45, 2.75) is 57.4 Å². The van der Waals surface area contributed by atoms with Gasteiger partial charge in [0, 0.05) is 74.4 Å². The number of pyridine rings is 1. The maximum Gasteiger partial charge on any atom is 0.122 e. The van der Waals surface area contributed by atoms with E-state index in [2.05, 4.69) is 58.0 Å². The topological polar surface area (TPSA) is 57.3 Å². The summed E-state index contributed by atoms with van der Waals surface area (Å²) in [5.74, 6) is 1.54. The summed E-state index contributed by atoms with van der Waals surface area (Å²) in [7, 11) is 2.17. The number of nitriles is 1. The van der Waals surface area contributed by atoms with Crippen molar-refractivity contribution in [2.24, 2.45) is 7.05 Å². The van der Waals surface area contributed by atoms with Gasteiger partial charge in [-0.15, -0.1) is 0 Å². The number of aromatic nitrogens is 2. The van der Waals surface area contributed by atoms with Crippen LogP contribution in [0.15, 0.2) is 42.2 Å². The van der Waals surface area contributed by atoms with Gasteiger partial charge in [0.15, 0.2) is 0 Å². The fourth-order valence-electron chi connectivity index (χ4n) is 6.82. The molecule has 3 aromatic rings. The first kappa shape index (κ1) is 24.1. The molecule has 0 amide bonds. The second kappa shape index (κ2) is 10.2. The molecule has 2 aromatic heterocycles. The largest absolute Gasteiger partial charge is 0.494 e. The van der Waals surface area contributed by atoms with Crippen LogP contribution in [0.5, 0.6) is 5.75 Å². The molecule has 6 nitrogen and oxygen atoms in total. The Labute approximate surface area is 220 Å². The lowest BCUT2D eigenvalue weighted by Crippen LogP contribution is -2.51. The van der Waals surface area contributed by atoms with Gasteiger partial charge in [-0.1, -0.05) is 6.07 Å².